The maximum absolute atomic E-state index is 5.74. The van der Waals surface area contributed by atoms with Gasteiger partial charge in [0.25, 0.3) is 0 Å². The van der Waals surface area contributed by atoms with Crippen LogP contribution in [0.15, 0.2) is 22.7 Å². The molecule has 0 aliphatic heterocycles. The minimum atomic E-state index is 0.694. The number of nitrogens with one attached hydrogen (secondary N) is 1. The Morgan fingerprint density at radius 1 is 1.19 bits per heavy atom. The third-order valence-corrected chi connectivity index (χ3v) is 4.23. The van der Waals surface area contributed by atoms with Crippen molar-refractivity contribution >= 4 is 27.3 Å². The van der Waals surface area contributed by atoms with Crippen molar-refractivity contribution in [2.45, 2.75) is 31.7 Å². The number of rotatable bonds is 4. The van der Waals surface area contributed by atoms with Gasteiger partial charge in [-0.3, -0.25) is 0 Å². The molecule has 0 unspecified atom stereocenters. The first-order valence-electron chi connectivity index (χ1n) is 6.05. The molecule has 0 bridgehead atoms. The van der Waals surface area contributed by atoms with Gasteiger partial charge in [-0.1, -0.05) is 0 Å². The Morgan fingerprint density at radius 3 is 2.31 bits per heavy atom. The van der Waals surface area contributed by atoms with Crippen molar-refractivity contribution in [1.82, 2.24) is 0 Å². The van der Waals surface area contributed by atoms with Gasteiger partial charge in [0.05, 0.1) is 0 Å². The van der Waals surface area contributed by atoms with Crippen molar-refractivity contribution < 1.29 is 0 Å². The Hall–Kier alpha value is -0.700. The lowest BCUT2D eigenvalue weighted by molar-refractivity contribution is 0.567. The van der Waals surface area contributed by atoms with E-state index in [1.54, 1.807) is 0 Å². The van der Waals surface area contributed by atoms with Crippen molar-refractivity contribution in [2.75, 3.05) is 11.1 Å². The predicted molar refractivity (Wildman–Crippen MR) is 71.4 cm³/mol. The van der Waals surface area contributed by atoms with Crippen LogP contribution in [0, 0.1) is 11.8 Å². The van der Waals surface area contributed by atoms with Gasteiger partial charge in [0, 0.05) is 21.9 Å². The van der Waals surface area contributed by atoms with Crippen LogP contribution in [0.5, 0.6) is 0 Å². The molecule has 3 N–H and O–H groups in total. The molecular weight excluding hydrogens is 264 g/mol. The lowest BCUT2D eigenvalue weighted by Gasteiger charge is -2.20. The van der Waals surface area contributed by atoms with Crippen LogP contribution >= 0.6 is 15.9 Å². The third kappa shape index (κ3) is 2.19. The average molecular weight is 281 g/mol. The van der Waals surface area contributed by atoms with Crippen LogP contribution in [0.1, 0.15) is 25.7 Å². The summed E-state index contributed by atoms with van der Waals surface area (Å²) in [6.07, 6.45) is 5.61. The van der Waals surface area contributed by atoms with Gasteiger partial charge < -0.3 is 11.1 Å². The summed E-state index contributed by atoms with van der Waals surface area (Å²) in [5, 5.41) is 3.70. The Bertz CT molecular complexity index is 385. The molecule has 1 aromatic carbocycles. The minimum absolute atomic E-state index is 0.694. The van der Waals surface area contributed by atoms with Gasteiger partial charge in [0.15, 0.2) is 0 Å². The smallest absolute Gasteiger partial charge is 0.0488 e. The normalized spacial score (nSPS) is 20.1. The van der Waals surface area contributed by atoms with Gasteiger partial charge in [-0.15, -0.1) is 0 Å². The molecule has 0 spiro atoms. The second-order valence-electron chi connectivity index (χ2n) is 5.08. The summed E-state index contributed by atoms with van der Waals surface area (Å²) in [6.45, 7) is 0. The molecule has 2 nitrogen and oxygen atoms in total. The number of nitrogen functional groups attached to an aromatic ring is 1. The molecular formula is C13H17BrN2. The highest BCUT2D eigenvalue weighted by Gasteiger charge is 2.41. The molecule has 3 heteroatoms. The van der Waals surface area contributed by atoms with Crippen LogP contribution in [-0.4, -0.2) is 6.04 Å². The number of hydrogen-bond donors (Lipinski definition) is 2. The maximum atomic E-state index is 5.74. The molecule has 0 saturated heterocycles. The fourth-order valence-corrected chi connectivity index (χ4v) is 2.87. The zero-order valence-electron chi connectivity index (χ0n) is 9.25. The number of halogens is 1. The minimum Gasteiger partial charge on any atom is -0.399 e. The zero-order valence-corrected chi connectivity index (χ0v) is 10.8. The van der Waals surface area contributed by atoms with Crippen molar-refractivity contribution in [1.29, 1.82) is 0 Å². The van der Waals surface area contributed by atoms with Crippen LogP contribution in [-0.2, 0) is 0 Å². The van der Waals surface area contributed by atoms with Gasteiger partial charge in [0.2, 0.25) is 0 Å². The fraction of sp³-hybridized carbons (Fsp3) is 0.538. The highest BCUT2D eigenvalue weighted by Crippen LogP contribution is 2.46. The molecule has 0 atom stereocenters. The van der Waals surface area contributed by atoms with Crippen molar-refractivity contribution in [2.24, 2.45) is 11.8 Å². The van der Waals surface area contributed by atoms with Crippen molar-refractivity contribution in [3.05, 3.63) is 22.7 Å². The van der Waals surface area contributed by atoms with Gasteiger partial charge in [-0.05, 0) is 71.6 Å². The number of nitrogens with two attached hydrogens (primary N) is 1. The molecule has 86 valence electrons. The molecule has 0 heterocycles. The highest BCUT2D eigenvalue weighted by molar-refractivity contribution is 9.10. The van der Waals surface area contributed by atoms with Crippen LogP contribution in [0.4, 0.5) is 11.4 Å². The number of benzene rings is 1. The summed E-state index contributed by atoms with van der Waals surface area (Å²) in [6, 6.07) is 6.71. The molecule has 3 rings (SSSR count). The molecule has 0 aromatic heterocycles. The quantitative estimate of drug-likeness (QED) is 0.827. The molecule has 2 fully saturated rings. The highest BCUT2D eigenvalue weighted by atomic mass is 79.9. The molecule has 2 aliphatic carbocycles. The van der Waals surface area contributed by atoms with E-state index in [0.29, 0.717) is 6.04 Å². The molecule has 2 aliphatic rings. The van der Waals surface area contributed by atoms with E-state index in [2.05, 4.69) is 27.3 Å². The van der Waals surface area contributed by atoms with E-state index in [1.807, 2.05) is 12.1 Å². The zero-order chi connectivity index (χ0) is 11.1. The average Bonchev–Trinajstić information content (AvgIpc) is 3.11. The van der Waals surface area contributed by atoms with Gasteiger partial charge in [-0.2, -0.15) is 0 Å². The summed E-state index contributed by atoms with van der Waals surface area (Å²) in [4.78, 5) is 0. The molecule has 0 radical (unpaired) electrons. The van der Waals surface area contributed by atoms with E-state index >= 15 is 0 Å². The van der Waals surface area contributed by atoms with Crippen molar-refractivity contribution in [3.8, 4) is 0 Å². The second-order valence-corrected chi connectivity index (χ2v) is 5.94. The van der Waals surface area contributed by atoms with Gasteiger partial charge in [0.1, 0.15) is 0 Å². The molecule has 1 aromatic rings. The largest absolute Gasteiger partial charge is 0.399 e. The number of anilines is 2. The van der Waals surface area contributed by atoms with Crippen LogP contribution in [0.25, 0.3) is 0 Å². The summed E-state index contributed by atoms with van der Waals surface area (Å²) < 4.78 is 1.08. The predicted octanol–water partition coefficient (Wildman–Crippen LogP) is 3.63. The Balaban J connectivity index is 1.76. The van der Waals surface area contributed by atoms with E-state index in [0.717, 1.165) is 22.0 Å². The summed E-state index contributed by atoms with van der Waals surface area (Å²) in [7, 11) is 0. The van der Waals surface area contributed by atoms with Gasteiger partial charge in [-0.25, -0.2) is 0 Å². The van der Waals surface area contributed by atoms with E-state index in [-0.39, 0.29) is 0 Å². The standard InChI is InChI=1S/C13H17BrN2/c14-11-7-10(15)5-6-12(11)16-13(8-1-2-8)9-3-4-9/h5-9,13,16H,1-4,15H2. The SMILES string of the molecule is Nc1ccc(NC(C2CC2)C2CC2)c(Br)c1. The Labute approximate surface area is 105 Å². The first-order valence-corrected chi connectivity index (χ1v) is 6.85. The monoisotopic (exact) mass is 280 g/mol. The topological polar surface area (TPSA) is 38.0 Å². The lowest BCUT2D eigenvalue weighted by atomic mass is 10.1. The third-order valence-electron chi connectivity index (χ3n) is 3.58. The summed E-state index contributed by atoms with van der Waals surface area (Å²) >= 11 is 3.57. The molecule has 0 amide bonds. The van der Waals surface area contributed by atoms with Crippen molar-refractivity contribution in [3.63, 3.8) is 0 Å². The van der Waals surface area contributed by atoms with Crippen LogP contribution in [0.2, 0.25) is 0 Å². The first-order chi connectivity index (χ1) is 7.74. The van der Waals surface area contributed by atoms with E-state index in [1.165, 1.54) is 31.4 Å². The van der Waals surface area contributed by atoms with Crippen LogP contribution < -0.4 is 11.1 Å². The van der Waals surface area contributed by atoms with E-state index < -0.39 is 0 Å². The maximum Gasteiger partial charge on any atom is 0.0488 e. The Kier molecular flexibility index (Phi) is 2.58. The lowest BCUT2D eigenvalue weighted by Crippen LogP contribution is -2.24. The van der Waals surface area contributed by atoms with E-state index in [4.69, 9.17) is 5.73 Å². The number of hydrogen-bond acceptors (Lipinski definition) is 2. The Morgan fingerprint density at radius 2 is 1.81 bits per heavy atom. The first kappa shape index (κ1) is 10.5. The van der Waals surface area contributed by atoms with Crippen LogP contribution in [0.3, 0.4) is 0 Å². The summed E-state index contributed by atoms with van der Waals surface area (Å²) in [5.74, 6) is 1.83. The molecule has 2 saturated carbocycles. The summed E-state index contributed by atoms with van der Waals surface area (Å²) in [5.41, 5.74) is 7.75. The van der Waals surface area contributed by atoms with E-state index in [9.17, 15) is 0 Å². The second kappa shape index (κ2) is 3.95. The fourth-order valence-electron chi connectivity index (χ4n) is 2.36. The van der Waals surface area contributed by atoms with Gasteiger partial charge >= 0.3 is 0 Å². The molecule has 16 heavy (non-hydrogen) atoms.